The Bertz CT molecular complexity index is 3160. The Kier molecular flexibility index (Phi) is 16.4. The number of nitrogens with zero attached hydrogens (tertiary/aromatic N) is 13. The summed E-state index contributed by atoms with van der Waals surface area (Å²) in [6.45, 7) is 16.5. The molecule has 2 aromatic carbocycles. The van der Waals surface area contributed by atoms with Crippen molar-refractivity contribution >= 4 is 61.2 Å². The number of alkyl halides is 1. The number of anilines is 2. The summed E-state index contributed by atoms with van der Waals surface area (Å²) in [5.74, 6) is 1.11. The SMILES string of the molecule is C1CCCC1.Cc1cc(C)c2nc(-c3ccc(N(C)C(=O)c4ccnn4CCBr)c(C)c3)ncc2n1.Cc1cc(C)c2nc(-c3ccc(N(C)C(=O)c4ccnn4CCN4CCCC4)c(C)c3)ncc2n1. The van der Waals surface area contributed by atoms with Crippen molar-refractivity contribution in [3.05, 3.63) is 130 Å². The molecule has 0 N–H and O–H groups in total. The Balaban J connectivity index is 0.000000174. The van der Waals surface area contributed by atoms with E-state index in [1.165, 1.54) is 44.9 Å². The van der Waals surface area contributed by atoms with Gasteiger partial charge in [0, 0.05) is 72.3 Å². The van der Waals surface area contributed by atoms with E-state index >= 15 is 0 Å². The van der Waals surface area contributed by atoms with Crippen molar-refractivity contribution in [1.82, 2.24) is 54.4 Å². The van der Waals surface area contributed by atoms with Crippen LogP contribution in [0.15, 0.2) is 85.5 Å². The Morgan fingerprint density at radius 2 is 0.972 bits per heavy atom. The molecule has 10 rings (SSSR count). The van der Waals surface area contributed by atoms with Crippen molar-refractivity contribution in [2.24, 2.45) is 0 Å². The molecule has 1 aliphatic carbocycles. The van der Waals surface area contributed by atoms with Gasteiger partial charge in [-0.1, -0.05) is 48.0 Å². The second-order valence-corrected chi connectivity index (χ2v) is 19.4. The lowest BCUT2D eigenvalue weighted by Crippen LogP contribution is -2.31. The zero-order valence-electron chi connectivity index (χ0n) is 42.3. The second kappa shape index (κ2) is 23.0. The number of hydrogen-bond donors (Lipinski definition) is 0. The molecule has 1 saturated heterocycles. The monoisotopic (exact) mass is 1020 g/mol. The summed E-state index contributed by atoms with van der Waals surface area (Å²) >= 11 is 3.40. The highest BCUT2D eigenvalue weighted by Gasteiger charge is 2.22. The van der Waals surface area contributed by atoms with Crippen molar-refractivity contribution in [2.45, 2.75) is 99.6 Å². The quantitative estimate of drug-likeness (QED) is 0.114. The van der Waals surface area contributed by atoms with Crippen LogP contribution in [0.2, 0.25) is 0 Å². The van der Waals surface area contributed by atoms with Gasteiger partial charge in [0.25, 0.3) is 11.8 Å². The van der Waals surface area contributed by atoms with Gasteiger partial charge in [-0.25, -0.2) is 29.9 Å². The van der Waals surface area contributed by atoms with Crippen LogP contribution in [0.3, 0.4) is 0 Å². The average molecular weight is 1020 g/mol. The van der Waals surface area contributed by atoms with Crippen molar-refractivity contribution in [2.75, 3.05) is 48.9 Å². The van der Waals surface area contributed by atoms with E-state index in [9.17, 15) is 9.59 Å². The first kappa shape index (κ1) is 50.6. The molecule has 1 saturated carbocycles. The van der Waals surface area contributed by atoms with E-state index in [0.717, 1.165) is 103 Å². The highest BCUT2D eigenvalue weighted by atomic mass is 79.9. The maximum absolute atomic E-state index is 13.4. The maximum Gasteiger partial charge on any atom is 0.276 e. The topological polar surface area (TPSA) is 157 Å². The largest absolute Gasteiger partial charge is 0.310 e. The summed E-state index contributed by atoms with van der Waals surface area (Å²) in [5.41, 5.74) is 13.9. The third-order valence-electron chi connectivity index (χ3n) is 13.2. The fourth-order valence-electron chi connectivity index (χ4n) is 9.48. The smallest absolute Gasteiger partial charge is 0.276 e. The zero-order chi connectivity index (χ0) is 50.2. The minimum absolute atomic E-state index is 0.0706. The highest BCUT2D eigenvalue weighted by Crippen LogP contribution is 2.29. The van der Waals surface area contributed by atoms with Crippen LogP contribution in [0, 0.1) is 41.5 Å². The number of aromatic nitrogens is 10. The van der Waals surface area contributed by atoms with Crippen LogP contribution >= 0.6 is 15.9 Å². The summed E-state index contributed by atoms with van der Waals surface area (Å²) < 4.78 is 3.53. The standard InChI is InChI=1S/C27H31N7O.C23H23BrN6O.C5H10/c1-18-16-21(26-28-17-22-25(31-26)19(2)15-20(3)30-22)7-8-23(18)32(4)27(35)24-9-10-29-34(24)14-13-33-11-5-6-12-33;1-14-12-17(22-25-13-18-21(28-22)15(2)11-16(3)27-18)5-6-19(14)29(4)23(31)20-7-9-26-30(20)10-8-24;1-2-4-5-3-1/h7-10,15-17H,5-6,11-14H2,1-4H3;5-7,9,11-13H,8,10H2,1-4H3;1-5H2. The van der Waals surface area contributed by atoms with Gasteiger partial charge < -0.3 is 14.7 Å². The van der Waals surface area contributed by atoms with Gasteiger partial charge in [0.1, 0.15) is 22.4 Å². The van der Waals surface area contributed by atoms with Crippen LogP contribution < -0.4 is 9.80 Å². The molecule has 6 aromatic heterocycles. The number of carbonyl (C=O) groups excluding carboxylic acids is 2. The molecule has 16 heteroatoms. The van der Waals surface area contributed by atoms with Crippen molar-refractivity contribution in [3.63, 3.8) is 0 Å². The van der Waals surface area contributed by atoms with Gasteiger partial charge in [0.15, 0.2) is 11.6 Å². The van der Waals surface area contributed by atoms with E-state index in [1.54, 1.807) is 58.4 Å². The molecule has 0 bridgehead atoms. The number of aryl methyl sites for hydroxylation is 7. The lowest BCUT2D eigenvalue weighted by Gasteiger charge is -2.21. The number of benzene rings is 2. The van der Waals surface area contributed by atoms with Gasteiger partial charge in [0.05, 0.1) is 36.5 Å². The molecule has 7 heterocycles. The van der Waals surface area contributed by atoms with Gasteiger partial charge in [-0.3, -0.25) is 19.0 Å². The highest BCUT2D eigenvalue weighted by molar-refractivity contribution is 9.09. The summed E-state index contributed by atoms with van der Waals surface area (Å²) in [5, 5.41) is 9.37. The van der Waals surface area contributed by atoms with E-state index in [4.69, 9.17) is 9.97 Å². The fourth-order valence-corrected chi connectivity index (χ4v) is 9.81. The van der Waals surface area contributed by atoms with E-state index in [-0.39, 0.29) is 11.8 Å². The Hall–Kier alpha value is -6.78. The minimum Gasteiger partial charge on any atom is -0.310 e. The predicted molar refractivity (Wildman–Crippen MR) is 286 cm³/mol. The number of rotatable bonds is 11. The number of fused-ring (bicyclic) bond motifs is 2. The maximum atomic E-state index is 13.4. The molecule has 368 valence electrons. The molecule has 0 atom stereocenters. The summed E-state index contributed by atoms with van der Waals surface area (Å²) in [6, 6.07) is 19.4. The van der Waals surface area contributed by atoms with Gasteiger partial charge in [-0.15, -0.1) is 0 Å². The van der Waals surface area contributed by atoms with E-state index < -0.39 is 0 Å². The molecule has 1 aliphatic heterocycles. The van der Waals surface area contributed by atoms with Crippen LogP contribution in [-0.2, 0) is 13.1 Å². The second-order valence-electron chi connectivity index (χ2n) is 18.6. The Morgan fingerprint density at radius 1 is 0.535 bits per heavy atom. The molecule has 2 aliphatic rings. The fraction of sp³-hybridized carbons (Fsp3) is 0.382. The van der Waals surface area contributed by atoms with Crippen molar-refractivity contribution in [1.29, 1.82) is 0 Å². The molecule has 0 unspecified atom stereocenters. The predicted octanol–water partition coefficient (Wildman–Crippen LogP) is 10.6. The molecule has 2 fully saturated rings. The Morgan fingerprint density at radius 3 is 1.39 bits per heavy atom. The molecule has 0 radical (unpaired) electrons. The van der Waals surface area contributed by atoms with Crippen LogP contribution in [0.25, 0.3) is 44.8 Å². The third kappa shape index (κ3) is 11.9. The van der Waals surface area contributed by atoms with Gasteiger partial charge in [-0.05, 0) is 150 Å². The Labute approximate surface area is 424 Å². The van der Waals surface area contributed by atoms with Crippen LogP contribution in [0.4, 0.5) is 11.4 Å². The van der Waals surface area contributed by atoms with Crippen molar-refractivity contribution < 1.29 is 9.59 Å². The number of likely N-dealkylation sites (tertiary alicyclic amines) is 1. The van der Waals surface area contributed by atoms with Gasteiger partial charge >= 0.3 is 0 Å². The lowest BCUT2D eigenvalue weighted by molar-refractivity contribution is 0.0974. The molecule has 0 spiro atoms. The summed E-state index contributed by atoms with van der Waals surface area (Å²) in [4.78, 5) is 59.8. The number of halogens is 1. The molecule has 15 nitrogen and oxygen atoms in total. The van der Waals surface area contributed by atoms with Crippen LogP contribution in [0.1, 0.15) is 99.6 Å². The molecular formula is C55H64BrN13O2. The minimum atomic E-state index is -0.103. The normalized spacial score (nSPS) is 13.5. The third-order valence-corrected chi connectivity index (χ3v) is 13.6. The summed E-state index contributed by atoms with van der Waals surface area (Å²) in [6.07, 6.45) is 16.9. The number of hydrogen-bond acceptors (Lipinski definition) is 11. The van der Waals surface area contributed by atoms with E-state index in [0.29, 0.717) is 36.1 Å². The number of pyridine rings is 2. The number of carbonyl (C=O) groups is 2. The van der Waals surface area contributed by atoms with Gasteiger partial charge in [-0.2, -0.15) is 10.2 Å². The van der Waals surface area contributed by atoms with Gasteiger partial charge in [0.2, 0.25) is 0 Å². The molecule has 8 aromatic rings. The van der Waals surface area contributed by atoms with Crippen LogP contribution in [0.5, 0.6) is 0 Å². The lowest BCUT2D eigenvalue weighted by atomic mass is 10.1. The molecule has 2 amide bonds. The van der Waals surface area contributed by atoms with E-state index in [2.05, 4.69) is 51.0 Å². The summed E-state index contributed by atoms with van der Waals surface area (Å²) in [7, 11) is 3.59. The van der Waals surface area contributed by atoms with Crippen molar-refractivity contribution in [3.8, 4) is 22.8 Å². The van der Waals surface area contributed by atoms with E-state index in [1.807, 2.05) is 102 Å². The molecule has 71 heavy (non-hydrogen) atoms. The first-order valence-corrected chi connectivity index (χ1v) is 25.7. The molecular weight excluding hydrogens is 955 g/mol. The number of amides is 2. The average Bonchev–Trinajstić information content (AvgIpc) is 4.23. The zero-order valence-corrected chi connectivity index (χ0v) is 43.9. The first-order valence-electron chi connectivity index (χ1n) is 24.6. The van der Waals surface area contributed by atoms with Crippen LogP contribution in [-0.4, -0.2) is 105 Å². The first-order chi connectivity index (χ1) is 34.3.